The van der Waals surface area contributed by atoms with Gasteiger partial charge in [-0.3, -0.25) is 4.79 Å². The molecule has 0 saturated carbocycles. The van der Waals surface area contributed by atoms with Crippen molar-refractivity contribution in [1.82, 2.24) is 16.0 Å². The Balaban J connectivity index is 4.19. The Morgan fingerprint density at radius 1 is 1.21 bits per heavy atom. The molecule has 0 heterocycles. The molecule has 0 radical (unpaired) electrons. The number of urea groups is 1. The first-order chi connectivity index (χ1) is 8.53. The molecule has 0 aliphatic carbocycles. The van der Waals surface area contributed by atoms with Crippen LogP contribution in [0.1, 0.15) is 27.7 Å². The highest BCUT2D eigenvalue weighted by molar-refractivity contribution is 5.87. The normalized spacial score (nSPS) is 14.2. The quantitative estimate of drug-likeness (QED) is 0.441. The van der Waals surface area contributed by atoms with Gasteiger partial charge in [-0.1, -0.05) is 0 Å². The molecule has 0 aliphatic rings. The van der Waals surface area contributed by atoms with Crippen molar-refractivity contribution in [3.8, 4) is 0 Å². The second-order valence-electron chi connectivity index (χ2n) is 5.18. The van der Waals surface area contributed by atoms with Crippen molar-refractivity contribution in [2.24, 2.45) is 0 Å². The van der Waals surface area contributed by atoms with Crippen LogP contribution in [-0.2, 0) is 9.59 Å². The molecule has 8 nitrogen and oxygen atoms in total. The van der Waals surface area contributed by atoms with E-state index in [9.17, 15) is 14.4 Å². The van der Waals surface area contributed by atoms with Crippen LogP contribution in [0, 0.1) is 0 Å². The second kappa shape index (κ2) is 6.93. The Hall–Kier alpha value is -1.83. The van der Waals surface area contributed by atoms with Crippen LogP contribution in [0.25, 0.3) is 0 Å². The lowest BCUT2D eigenvalue weighted by atomic mass is 10.1. The lowest BCUT2D eigenvalue weighted by Crippen LogP contribution is -2.53. The Morgan fingerprint density at radius 3 is 2.11 bits per heavy atom. The maximum Gasteiger partial charge on any atom is 0.328 e. The van der Waals surface area contributed by atoms with E-state index in [4.69, 9.17) is 10.2 Å². The average Bonchev–Trinajstić information content (AvgIpc) is 2.19. The molecule has 0 spiro atoms. The molecule has 0 rings (SSSR count). The van der Waals surface area contributed by atoms with Crippen molar-refractivity contribution in [3.05, 3.63) is 0 Å². The lowest BCUT2D eigenvalue weighted by molar-refractivity contribution is -0.141. The number of hydrogen-bond donors (Lipinski definition) is 5. The number of carboxylic acid groups (broad SMARTS) is 1. The summed E-state index contributed by atoms with van der Waals surface area (Å²) in [5.41, 5.74) is -0.418. The van der Waals surface area contributed by atoms with Crippen molar-refractivity contribution >= 4 is 17.9 Å². The van der Waals surface area contributed by atoms with Crippen LogP contribution >= 0.6 is 0 Å². The smallest absolute Gasteiger partial charge is 0.328 e. The number of nitrogens with one attached hydrogen (secondary N) is 3. The second-order valence-corrected chi connectivity index (χ2v) is 5.18. The molecule has 0 aromatic heterocycles. The number of rotatable bonds is 5. The summed E-state index contributed by atoms with van der Waals surface area (Å²) in [5, 5.41) is 24.8. The Kier molecular flexibility index (Phi) is 6.26. The minimum atomic E-state index is -1.43. The van der Waals surface area contributed by atoms with E-state index in [2.05, 4.69) is 16.0 Å². The predicted octanol–water partition coefficient (Wildman–Crippen LogP) is -0.966. The number of aliphatic hydroxyl groups excluding tert-OH is 1. The molecule has 2 unspecified atom stereocenters. The summed E-state index contributed by atoms with van der Waals surface area (Å²) < 4.78 is 0. The fourth-order valence-electron chi connectivity index (χ4n) is 1.20. The highest BCUT2D eigenvalue weighted by Crippen LogP contribution is 1.97. The van der Waals surface area contributed by atoms with Crippen LogP contribution in [-0.4, -0.2) is 52.4 Å². The Labute approximate surface area is 111 Å². The highest BCUT2D eigenvalue weighted by atomic mass is 16.4. The summed E-state index contributed by atoms with van der Waals surface area (Å²) in [7, 11) is 0. The number of carbonyl (C=O) groups is 3. The minimum Gasteiger partial charge on any atom is -0.480 e. The molecule has 0 fully saturated rings. The number of hydrogen-bond acceptors (Lipinski definition) is 4. The number of aliphatic carboxylic acids is 1. The topological polar surface area (TPSA) is 128 Å². The van der Waals surface area contributed by atoms with Crippen molar-refractivity contribution in [3.63, 3.8) is 0 Å². The van der Waals surface area contributed by atoms with Gasteiger partial charge in [0.2, 0.25) is 5.91 Å². The molecule has 5 N–H and O–H groups in total. The van der Waals surface area contributed by atoms with Gasteiger partial charge < -0.3 is 26.2 Å². The maximum atomic E-state index is 11.4. The van der Waals surface area contributed by atoms with Crippen molar-refractivity contribution < 1.29 is 24.6 Å². The molecule has 19 heavy (non-hydrogen) atoms. The van der Waals surface area contributed by atoms with E-state index in [0.717, 1.165) is 0 Å². The van der Waals surface area contributed by atoms with Crippen LogP contribution in [0.5, 0.6) is 0 Å². The SMILES string of the molecule is CC(O)C(NC(=O)NCC(=O)NC(C)(C)C)C(=O)O. The molecule has 0 saturated heterocycles. The van der Waals surface area contributed by atoms with E-state index >= 15 is 0 Å². The molecular weight excluding hydrogens is 254 g/mol. The van der Waals surface area contributed by atoms with E-state index in [1.165, 1.54) is 6.92 Å². The Morgan fingerprint density at radius 2 is 1.74 bits per heavy atom. The standard InChI is InChI=1S/C11H21N3O5/c1-6(15)8(9(17)18)13-10(19)12-5-7(16)14-11(2,3)4/h6,8,15H,5H2,1-4H3,(H,14,16)(H,17,18)(H2,12,13,19). The molecule has 2 atom stereocenters. The fraction of sp³-hybridized carbons (Fsp3) is 0.727. The van der Waals surface area contributed by atoms with Crippen LogP contribution in [0.4, 0.5) is 4.79 Å². The molecule has 0 aromatic rings. The first-order valence-corrected chi connectivity index (χ1v) is 5.79. The van der Waals surface area contributed by atoms with Crippen LogP contribution in [0.3, 0.4) is 0 Å². The van der Waals surface area contributed by atoms with E-state index in [1.807, 2.05) is 0 Å². The van der Waals surface area contributed by atoms with Crippen molar-refractivity contribution in [2.75, 3.05) is 6.54 Å². The molecule has 110 valence electrons. The highest BCUT2D eigenvalue weighted by Gasteiger charge is 2.25. The van der Waals surface area contributed by atoms with Gasteiger partial charge in [0, 0.05) is 5.54 Å². The van der Waals surface area contributed by atoms with Crippen LogP contribution in [0.2, 0.25) is 0 Å². The number of amides is 3. The third-order valence-corrected chi connectivity index (χ3v) is 1.96. The number of carboxylic acids is 1. The number of aliphatic hydroxyl groups is 1. The van der Waals surface area contributed by atoms with E-state index in [1.54, 1.807) is 20.8 Å². The van der Waals surface area contributed by atoms with Gasteiger partial charge in [0.15, 0.2) is 6.04 Å². The summed E-state index contributed by atoms with van der Waals surface area (Å²) in [6.07, 6.45) is -1.24. The molecule has 0 bridgehead atoms. The summed E-state index contributed by atoms with van der Waals surface area (Å²) in [6.45, 7) is 6.33. The van der Waals surface area contributed by atoms with Gasteiger partial charge >= 0.3 is 12.0 Å². The van der Waals surface area contributed by atoms with E-state index in [0.29, 0.717) is 0 Å². The van der Waals surface area contributed by atoms with E-state index < -0.39 is 35.6 Å². The first kappa shape index (κ1) is 17.2. The summed E-state index contributed by atoms with van der Waals surface area (Å²) in [5.74, 6) is -1.75. The van der Waals surface area contributed by atoms with Gasteiger partial charge in [-0.15, -0.1) is 0 Å². The zero-order valence-electron chi connectivity index (χ0n) is 11.5. The molecule has 3 amide bonds. The minimum absolute atomic E-state index is 0.282. The molecular formula is C11H21N3O5. The largest absolute Gasteiger partial charge is 0.480 e. The zero-order chi connectivity index (χ0) is 15.2. The molecule has 8 heteroatoms. The first-order valence-electron chi connectivity index (χ1n) is 5.79. The summed E-state index contributed by atoms with van der Waals surface area (Å²) in [6, 6.07) is -2.26. The van der Waals surface area contributed by atoms with Crippen LogP contribution < -0.4 is 16.0 Å². The molecule has 0 aromatic carbocycles. The number of carbonyl (C=O) groups excluding carboxylic acids is 2. The fourth-order valence-corrected chi connectivity index (χ4v) is 1.20. The van der Waals surface area contributed by atoms with Gasteiger partial charge in [-0.05, 0) is 27.7 Å². The van der Waals surface area contributed by atoms with Gasteiger partial charge in [-0.2, -0.15) is 0 Å². The van der Waals surface area contributed by atoms with Crippen molar-refractivity contribution in [1.29, 1.82) is 0 Å². The lowest BCUT2D eigenvalue weighted by Gasteiger charge is -2.21. The third kappa shape index (κ3) is 7.98. The van der Waals surface area contributed by atoms with Gasteiger partial charge in [-0.25, -0.2) is 9.59 Å². The van der Waals surface area contributed by atoms with Crippen molar-refractivity contribution in [2.45, 2.75) is 45.4 Å². The maximum absolute atomic E-state index is 11.4. The van der Waals surface area contributed by atoms with Gasteiger partial charge in [0.05, 0.1) is 12.6 Å². The third-order valence-electron chi connectivity index (χ3n) is 1.96. The molecule has 0 aliphatic heterocycles. The summed E-state index contributed by atoms with van der Waals surface area (Å²) >= 11 is 0. The average molecular weight is 275 g/mol. The monoisotopic (exact) mass is 275 g/mol. The Bertz CT molecular complexity index is 349. The van der Waals surface area contributed by atoms with E-state index in [-0.39, 0.29) is 6.54 Å². The predicted molar refractivity (Wildman–Crippen MR) is 67.5 cm³/mol. The van der Waals surface area contributed by atoms with Gasteiger partial charge in [0.1, 0.15) is 0 Å². The van der Waals surface area contributed by atoms with Gasteiger partial charge in [0.25, 0.3) is 0 Å². The van der Waals surface area contributed by atoms with Crippen LogP contribution in [0.15, 0.2) is 0 Å². The summed E-state index contributed by atoms with van der Waals surface area (Å²) in [4.78, 5) is 33.5. The zero-order valence-corrected chi connectivity index (χ0v) is 11.5.